The molecule has 1 aromatic heterocycles. The lowest BCUT2D eigenvalue weighted by Gasteiger charge is -2.28. The average Bonchev–Trinajstić information content (AvgIpc) is 3.21. The number of likely N-dealkylation sites (tertiary alicyclic amines) is 1. The Morgan fingerprint density at radius 2 is 1.91 bits per heavy atom. The summed E-state index contributed by atoms with van der Waals surface area (Å²) in [5.74, 6) is 5.27. The number of ether oxygens (including phenoxy) is 2. The Kier molecular flexibility index (Phi) is 7.07. The second-order valence-corrected chi connectivity index (χ2v) is 8.72. The maximum absolute atomic E-state index is 12.9. The molecule has 1 saturated heterocycles. The number of nitrogens with one attached hydrogen (secondary N) is 1. The molecule has 2 aromatic rings. The Morgan fingerprint density at radius 3 is 2.59 bits per heavy atom. The third kappa shape index (κ3) is 5.81. The Bertz CT molecular complexity index is 1010. The Morgan fingerprint density at radius 1 is 1.19 bits per heavy atom. The number of carbonyl (C=O) groups is 2. The third-order valence-corrected chi connectivity index (χ3v) is 5.03. The summed E-state index contributed by atoms with van der Waals surface area (Å²) in [6.07, 6.45) is 2.46. The summed E-state index contributed by atoms with van der Waals surface area (Å²) >= 11 is 0. The highest BCUT2D eigenvalue weighted by Crippen LogP contribution is 2.21. The van der Waals surface area contributed by atoms with Gasteiger partial charge in [0.25, 0.3) is 5.91 Å². The SMILES string of the molecule is CC(C)(C)OC(=O)N1CCCC1CNC(=O)c1c(OCc2ccccc2)c(=O)ccn1N. The van der Waals surface area contributed by atoms with Gasteiger partial charge in [-0.15, -0.1) is 0 Å². The highest BCUT2D eigenvalue weighted by Gasteiger charge is 2.32. The monoisotopic (exact) mass is 442 g/mol. The number of nitrogens with two attached hydrogens (primary N) is 1. The molecule has 2 heterocycles. The van der Waals surface area contributed by atoms with E-state index in [-0.39, 0.29) is 30.6 Å². The number of benzene rings is 1. The van der Waals surface area contributed by atoms with E-state index in [0.717, 1.165) is 23.1 Å². The van der Waals surface area contributed by atoms with E-state index in [1.807, 2.05) is 51.1 Å². The van der Waals surface area contributed by atoms with Crippen molar-refractivity contribution in [2.24, 2.45) is 0 Å². The number of aromatic nitrogens is 1. The lowest BCUT2D eigenvalue weighted by Crippen LogP contribution is -2.45. The number of amides is 2. The van der Waals surface area contributed by atoms with Crippen LogP contribution in [0.3, 0.4) is 0 Å². The van der Waals surface area contributed by atoms with Crippen molar-refractivity contribution >= 4 is 12.0 Å². The number of rotatable bonds is 6. The predicted octanol–water partition coefficient (Wildman–Crippen LogP) is 2.27. The number of nitrogen functional groups attached to an aromatic ring is 1. The van der Waals surface area contributed by atoms with Crippen molar-refractivity contribution < 1.29 is 19.1 Å². The molecule has 1 aromatic carbocycles. The largest absolute Gasteiger partial charge is 0.482 e. The number of pyridine rings is 1. The van der Waals surface area contributed by atoms with Gasteiger partial charge in [0.05, 0.1) is 6.04 Å². The van der Waals surface area contributed by atoms with E-state index >= 15 is 0 Å². The topological polar surface area (TPSA) is 116 Å². The van der Waals surface area contributed by atoms with Gasteiger partial charge in [0.1, 0.15) is 12.2 Å². The smallest absolute Gasteiger partial charge is 0.410 e. The van der Waals surface area contributed by atoms with Gasteiger partial charge >= 0.3 is 6.09 Å². The van der Waals surface area contributed by atoms with E-state index in [2.05, 4.69) is 5.32 Å². The number of nitrogens with zero attached hydrogens (tertiary/aromatic N) is 2. The molecule has 0 aliphatic carbocycles. The van der Waals surface area contributed by atoms with E-state index in [1.54, 1.807) is 4.90 Å². The molecule has 1 fully saturated rings. The number of hydrogen-bond donors (Lipinski definition) is 2. The second-order valence-electron chi connectivity index (χ2n) is 8.72. The van der Waals surface area contributed by atoms with Crippen molar-refractivity contribution in [3.63, 3.8) is 0 Å². The van der Waals surface area contributed by atoms with Crippen LogP contribution in [0.15, 0.2) is 47.4 Å². The Labute approximate surface area is 187 Å². The Balaban J connectivity index is 1.70. The fourth-order valence-electron chi connectivity index (χ4n) is 3.52. The zero-order chi connectivity index (χ0) is 23.3. The highest BCUT2D eigenvalue weighted by atomic mass is 16.6. The van der Waals surface area contributed by atoms with Gasteiger partial charge in [-0.25, -0.2) is 4.79 Å². The van der Waals surface area contributed by atoms with Crippen LogP contribution in [0.25, 0.3) is 0 Å². The van der Waals surface area contributed by atoms with Crippen LogP contribution in [0.5, 0.6) is 5.75 Å². The molecular formula is C23H30N4O5. The first-order chi connectivity index (χ1) is 15.2. The minimum atomic E-state index is -0.599. The van der Waals surface area contributed by atoms with Crippen molar-refractivity contribution in [2.75, 3.05) is 18.9 Å². The second kappa shape index (κ2) is 9.76. The molecule has 1 atom stereocenters. The van der Waals surface area contributed by atoms with E-state index in [1.165, 1.54) is 12.3 Å². The fraction of sp³-hybridized carbons (Fsp3) is 0.435. The maximum Gasteiger partial charge on any atom is 0.410 e. The summed E-state index contributed by atoms with van der Waals surface area (Å²) in [6.45, 7) is 6.32. The van der Waals surface area contributed by atoms with Crippen LogP contribution in [0, 0.1) is 0 Å². The lowest BCUT2D eigenvalue weighted by atomic mass is 10.2. The van der Waals surface area contributed by atoms with Crippen molar-refractivity contribution in [3.8, 4) is 5.75 Å². The lowest BCUT2D eigenvalue weighted by molar-refractivity contribution is 0.0225. The molecule has 1 unspecified atom stereocenters. The Hall–Kier alpha value is -3.49. The summed E-state index contributed by atoms with van der Waals surface area (Å²) in [5, 5.41) is 2.79. The first kappa shape index (κ1) is 23.2. The van der Waals surface area contributed by atoms with E-state index < -0.39 is 23.0 Å². The molecule has 1 aliphatic rings. The van der Waals surface area contributed by atoms with Crippen molar-refractivity contribution in [1.29, 1.82) is 0 Å². The highest BCUT2D eigenvalue weighted by molar-refractivity contribution is 5.95. The van der Waals surface area contributed by atoms with Gasteiger partial charge in [-0.2, -0.15) is 0 Å². The molecule has 3 rings (SSSR count). The first-order valence-electron chi connectivity index (χ1n) is 10.6. The molecule has 32 heavy (non-hydrogen) atoms. The quantitative estimate of drug-likeness (QED) is 0.663. The summed E-state index contributed by atoms with van der Waals surface area (Å²) in [6, 6.07) is 10.3. The van der Waals surface area contributed by atoms with Crippen molar-refractivity contribution in [2.45, 2.75) is 51.9 Å². The van der Waals surface area contributed by atoms with Gasteiger partial charge in [-0.1, -0.05) is 30.3 Å². The van der Waals surface area contributed by atoms with E-state index in [9.17, 15) is 14.4 Å². The van der Waals surface area contributed by atoms with Gasteiger partial charge in [0.15, 0.2) is 11.4 Å². The molecule has 0 saturated carbocycles. The van der Waals surface area contributed by atoms with Crippen LogP contribution < -0.4 is 21.3 Å². The predicted molar refractivity (Wildman–Crippen MR) is 120 cm³/mol. The van der Waals surface area contributed by atoms with Crippen LogP contribution >= 0.6 is 0 Å². The molecule has 3 N–H and O–H groups in total. The van der Waals surface area contributed by atoms with Gasteiger partial charge in [-0.3, -0.25) is 14.3 Å². The molecule has 9 heteroatoms. The van der Waals surface area contributed by atoms with Crippen LogP contribution in [0.2, 0.25) is 0 Å². The molecular weight excluding hydrogens is 412 g/mol. The third-order valence-electron chi connectivity index (χ3n) is 5.03. The number of hydrogen-bond acceptors (Lipinski definition) is 6. The molecule has 9 nitrogen and oxygen atoms in total. The van der Waals surface area contributed by atoms with Crippen molar-refractivity contribution in [1.82, 2.24) is 14.9 Å². The summed E-state index contributed by atoms with van der Waals surface area (Å²) in [5.41, 5.74) is -0.262. The van der Waals surface area contributed by atoms with Crippen LogP contribution in [-0.4, -0.2) is 46.3 Å². The van der Waals surface area contributed by atoms with Crippen LogP contribution in [0.4, 0.5) is 4.79 Å². The van der Waals surface area contributed by atoms with Crippen molar-refractivity contribution in [3.05, 3.63) is 64.1 Å². The maximum atomic E-state index is 12.9. The van der Waals surface area contributed by atoms with Gasteiger partial charge in [-0.05, 0) is 39.2 Å². The summed E-state index contributed by atoms with van der Waals surface area (Å²) in [7, 11) is 0. The normalized spacial score (nSPS) is 16.0. The standard InChI is InChI=1S/C23H30N4O5/c1-23(2,3)32-22(30)26-12-7-10-17(26)14-25-21(29)19-20(18(28)11-13-27(19)24)31-15-16-8-5-4-6-9-16/h4-6,8-9,11,13,17H,7,10,12,14-15,24H2,1-3H3,(H,25,29). The molecule has 2 amide bonds. The van der Waals surface area contributed by atoms with Gasteiger partial charge in [0, 0.05) is 25.4 Å². The molecule has 1 aliphatic heterocycles. The van der Waals surface area contributed by atoms with E-state index in [4.69, 9.17) is 15.3 Å². The molecule has 0 radical (unpaired) electrons. The van der Waals surface area contributed by atoms with E-state index in [0.29, 0.717) is 6.54 Å². The molecule has 0 bridgehead atoms. The minimum absolute atomic E-state index is 0.0738. The first-order valence-corrected chi connectivity index (χ1v) is 10.6. The summed E-state index contributed by atoms with van der Waals surface area (Å²) in [4.78, 5) is 39.4. The zero-order valence-corrected chi connectivity index (χ0v) is 18.7. The van der Waals surface area contributed by atoms with Crippen LogP contribution in [-0.2, 0) is 11.3 Å². The average molecular weight is 443 g/mol. The molecule has 0 spiro atoms. The van der Waals surface area contributed by atoms with Crippen LogP contribution in [0.1, 0.15) is 49.7 Å². The molecule has 172 valence electrons. The number of carbonyl (C=O) groups excluding carboxylic acids is 2. The fourth-order valence-corrected chi connectivity index (χ4v) is 3.52. The summed E-state index contributed by atoms with van der Waals surface area (Å²) < 4.78 is 12.2. The minimum Gasteiger partial charge on any atom is -0.482 e. The zero-order valence-electron chi connectivity index (χ0n) is 18.7. The van der Waals surface area contributed by atoms with Gasteiger partial charge < -0.3 is 25.5 Å². The van der Waals surface area contributed by atoms with Gasteiger partial charge in [0.2, 0.25) is 5.43 Å².